The largest absolute Gasteiger partial charge is 0.497 e. The lowest BCUT2D eigenvalue weighted by molar-refractivity contribution is -0.177. The van der Waals surface area contributed by atoms with E-state index in [2.05, 4.69) is 6.07 Å². The highest BCUT2D eigenvalue weighted by Crippen LogP contribution is 2.75. The first-order valence-electron chi connectivity index (χ1n) is 14.3. The van der Waals surface area contributed by atoms with Crippen LogP contribution in [0.25, 0.3) is 0 Å². The lowest BCUT2D eigenvalue weighted by atomic mass is 9.43. The fourth-order valence-corrected chi connectivity index (χ4v) is 9.91. The number of hydrogen-bond acceptors (Lipinski definition) is 4. The third-order valence-corrected chi connectivity index (χ3v) is 11.3. The maximum atomic E-state index is 15.8. The molecule has 7 rings (SSSR count). The Balaban J connectivity index is 0.00000329. The molecule has 4 fully saturated rings. The molecule has 2 saturated heterocycles. The Morgan fingerprint density at radius 3 is 2.51 bits per heavy atom. The number of likely N-dealkylation sites (tertiary alicyclic amines) is 2. The van der Waals surface area contributed by atoms with E-state index in [1.807, 2.05) is 12.1 Å². The molecular weight excluding hydrogens is 621 g/mol. The molecule has 2 aromatic rings. The van der Waals surface area contributed by atoms with Crippen LogP contribution in [0, 0.1) is 17.3 Å². The number of ether oxygens (including phenoxy) is 2. The molecule has 3 aliphatic carbocycles. The molecule has 5 aliphatic rings. The Morgan fingerprint density at radius 1 is 1.07 bits per heavy atom. The molecule has 2 aliphatic heterocycles. The zero-order chi connectivity index (χ0) is 29.7. The van der Waals surface area contributed by atoms with Crippen molar-refractivity contribution in [3.63, 3.8) is 0 Å². The van der Waals surface area contributed by atoms with Gasteiger partial charge in [-0.25, -0.2) is 4.79 Å². The molecule has 5 unspecified atom stereocenters. The summed E-state index contributed by atoms with van der Waals surface area (Å²) in [4.78, 5) is 30.3. The molecular formula is C32H35Cl3F2N2O4. The van der Waals surface area contributed by atoms with Crippen LogP contribution in [0.4, 0.5) is 13.6 Å². The van der Waals surface area contributed by atoms with Crippen LogP contribution in [-0.2, 0) is 27.3 Å². The van der Waals surface area contributed by atoms with Gasteiger partial charge in [0.05, 0.1) is 7.11 Å². The Labute approximate surface area is 265 Å². The summed E-state index contributed by atoms with van der Waals surface area (Å²) in [5.41, 5.74) is 1.16. The summed E-state index contributed by atoms with van der Waals surface area (Å²) in [5.74, 6) is -3.81. The Kier molecular flexibility index (Phi) is 7.42. The number of fused-ring (bicyclic) bond motifs is 1. The Morgan fingerprint density at radius 2 is 1.81 bits per heavy atom. The third-order valence-electron chi connectivity index (χ3n) is 11.0. The molecule has 4 bridgehead atoms. The van der Waals surface area contributed by atoms with Crippen LogP contribution in [0.2, 0.25) is 0 Å². The summed E-state index contributed by atoms with van der Waals surface area (Å²) >= 11 is 17.5. The van der Waals surface area contributed by atoms with Crippen LogP contribution in [-0.4, -0.2) is 64.5 Å². The standard InChI is InChI=1S/C31H31Cl3F2N2O4.CH4/c1-41-21-8-7-18-13-24-28-10-9-23-25(19(15-28)16-38(23)27(40)42-17-30(32,33)34)29(28,22(18)14-21)11-12-37(24)26(39)31(35,36)20-5-3-2-4-6-20;/h2-8,14,19,23-25H,9-13,15-17H2,1H3;1H4/t19-,23?,24?,25?,28?,29?;/m1./s1. The van der Waals surface area contributed by atoms with Crippen molar-refractivity contribution in [3.8, 4) is 5.75 Å². The zero-order valence-electron chi connectivity index (χ0n) is 23.0. The molecule has 232 valence electrons. The highest BCUT2D eigenvalue weighted by Gasteiger charge is 2.77. The van der Waals surface area contributed by atoms with E-state index in [1.165, 1.54) is 34.7 Å². The second-order valence-electron chi connectivity index (χ2n) is 12.5. The normalized spacial score (nSPS) is 32.0. The van der Waals surface area contributed by atoms with Gasteiger partial charge in [0.25, 0.3) is 5.91 Å². The molecule has 2 aromatic carbocycles. The van der Waals surface area contributed by atoms with E-state index in [4.69, 9.17) is 44.3 Å². The number of amides is 2. The van der Waals surface area contributed by atoms with Crippen molar-refractivity contribution in [2.45, 2.75) is 66.7 Å². The molecule has 0 radical (unpaired) electrons. The minimum Gasteiger partial charge on any atom is -0.497 e. The van der Waals surface area contributed by atoms with Crippen LogP contribution in [0.5, 0.6) is 5.75 Å². The van der Waals surface area contributed by atoms with Gasteiger partial charge in [0.1, 0.15) is 12.4 Å². The van der Waals surface area contributed by atoms with Gasteiger partial charge in [-0.1, -0.05) is 78.6 Å². The summed E-state index contributed by atoms with van der Waals surface area (Å²) in [6.07, 6.45) is 2.69. The van der Waals surface area contributed by atoms with Crippen LogP contribution in [0.3, 0.4) is 0 Å². The number of halogens is 5. The van der Waals surface area contributed by atoms with Gasteiger partial charge in [0.15, 0.2) is 0 Å². The first-order chi connectivity index (χ1) is 19.9. The zero-order valence-corrected chi connectivity index (χ0v) is 25.3. The third kappa shape index (κ3) is 4.29. The van der Waals surface area contributed by atoms with Gasteiger partial charge in [0.2, 0.25) is 3.79 Å². The molecule has 0 N–H and O–H groups in total. The van der Waals surface area contributed by atoms with Crippen LogP contribution in [0.15, 0.2) is 48.5 Å². The summed E-state index contributed by atoms with van der Waals surface area (Å²) < 4.78 is 40.9. The minimum atomic E-state index is -3.63. The van der Waals surface area contributed by atoms with Crippen molar-refractivity contribution < 1.29 is 27.8 Å². The molecule has 43 heavy (non-hydrogen) atoms. The van der Waals surface area contributed by atoms with E-state index < -0.39 is 27.1 Å². The van der Waals surface area contributed by atoms with Gasteiger partial charge >= 0.3 is 12.0 Å². The van der Waals surface area contributed by atoms with E-state index >= 15 is 8.78 Å². The summed E-state index contributed by atoms with van der Waals surface area (Å²) in [6.45, 7) is 0.356. The highest BCUT2D eigenvalue weighted by molar-refractivity contribution is 6.67. The average Bonchev–Trinajstić information content (AvgIpc) is 3.42. The number of hydrogen-bond donors (Lipinski definition) is 0. The van der Waals surface area contributed by atoms with Gasteiger partial charge in [-0.15, -0.1) is 0 Å². The quantitative estimate of drug-likeness (QED) is 0.329. The molecule has 6 nitrogen and oxygen atoms in total. The molecule has 2 heterocycles. The number of benzene rings is 2. The number of carbonyl (C=O) groups excluding carboxylic acids is 2. The van der Waals surface area contributed by atoms with E-state index in [9.17, 15) is 9.59 Å². The predicted octanol–water partition coefficient (Wildman–Crippen LogP) is 7.13. The van der Waals surface area contributed by atoms with Gasteiger partial charge < -0.3 is 19.3 Å². The SMILES string of the molecule is C.COc1ccc2c(c1)C13CCN(C(=O)C(F)(F)c4ccccc4)C(C2)C12CCC1C3[C@@H](CN1C(=O)OCC(Cl)(Cl)Cl)C2. The van der Waals surface area contributed by atoms with Crippen molar-refractivity contribution in [1.82, 2.24) is 9.80 Å². The van der Waals surface area contributed by atoms with Gasteiger partial charge in [0, 0.05) is 41.6 Å². The van der Waals surface area contributed by atoms with Crippen LogP contribution < -0.4 is 4.74 Å². The Bertz CT molecular complexity index is 1440. The molecule has 2 saturated carbocycles. The number of piperidine rings is 1. The van der Waals surface area contributed by atoms with Gasteiger partial charge in [-0.2, -0.15) is 8.78 Å². The highest BCUT2D eigenvalue weighted by atomic mass is 35.6. The maximum absolute atomic E-state index is 15.8. The fraction of sp³-hybridized carbons (Fsp3) is 0.562. The van der Waals surface area contributed by atoms with Crippen molar-refractivity contribution in [3.05, 3.63) is 65.2 Å². The second kappa shape index (κ2) is 10.4. The molecule has 6 atom stereocenters. The topological polar surface area (TPSA) is 59.1 Å². The van der Waals surface area contributed by atoms with E-state index in [-0.39, 0.29) is 55.5 Å². The van der Waals surface area contributed by atoms with Crippen LogP contribution in [0.1, 0.15) is 49.8 Å². The number of methoxy groups -OCH3 is 1. The maximum Gasteiger partial charge on any atom is 0.410 e. The smallest absolute Gasteiger partial charge is 0.410 e. The summed E-state index contributed by atoms with van der Waals surface area (Å²) in [6, 6.07) is 12.9. The number of carbonyl (C=O) groups is 2. The monoisotopic (exact) mass is 654 g/mol. The number of rotatable bonds is 4. The molecule has 0 aromatic heterocycles. The predicted molar refractivity (Wildman–Crippen MR) is 161 cm³/mol. The number of alkyl halides is 5. The average molecular weight is 656 g/mol. The van der Waals surface area contributed by atoms with Gasteiger partial charge in [-0.05, 0) is 67.2 Å². The Hall–Kier alpha value is -2.29. The number of nitrogens with zero attached hydrogens (tertiary/aromatic N) is 2. The van der Waals surface area contributed by atoms with E-state index in [1.54, 1.807) is 18.1 Å². The van der Waals surface area contributed by atoms with E-state index in [0.29, 0.717) is 32.2 Å². The molecule has 0 spiro atoms. The van der Waals surface area contributed by atoms with Crippen molar-refractivity contribution in [2.24, 2.45) is 17.3 Å². The lowest BCUT2D eigenvalue weighted by Gasteiger charge is -2.66. The molecule has 11 heteroatoms. The molecule has 2 amide bonds. The first-order valence-corrected chi connectivity index (χ1v) is 15.5. The second-order valence-corrected chi connectivity index (χ2v) is 15.0. The van der Waals surface area contributed by atoms with E-state index in [0.717, 1.165) is 17.7 Å². The van der Waals surface area contributed by atoms with Crippen molar-refractivity contribution in [1.29, 1.82) is 0 Å². The summed E-state index contributed by atoms with van der Waals surface area (Å²) in [5, 5.41) is 0. The first kappa shape index (κ1) is 30.7. The lowest BCUT2D eigenvalue weighted by Crippen LogP contribution is -2.71. The summed E-state index contributed by atoms with van der Waals surface area (Å²) in [7, 11) is 1.63. The van der Waals surface area contributed by atoms with Crippen LogP contribution >= 0.6 is 34.8 Å². The van der Waals surface area contributed by atoms with Crippen molar-refractivity contribution in [2.75, 3.05) is 26.8 Å². The van der Waals surface area contributed by atoms with Gasteiger partial charge in [-0.3, -0.25) is 4.79 Å². The fourth-order valence-electron chi connectivity index (χ4n) is 9.75. The van der Waals surface area contributed by atoms with Crippen molar-refractivity contribution >= 4 is 46.8 Å². The minimum absolute atomic E-state index is 0.